The molecule has 0 saturated carbocycles. The third-order valence-electron chi connectivity index (χ3n) is 3.33. The van der Waals surface area contributed by atoms with Gasteiger partial charge in [0.15, 0.2) is 4.90 Å². The lowest BCUT2D eigenvalue weighted by Crippen LogP contribution is -2.31. The molecule has 2 aromatic rings. The number of para-hydroxylation sites is 1. The molecule has 0 aliphatic rings. The lowest BCUT2D eigenvalue weighted by molar-refractivity contribution is -0.387. The Labute approximate surface area is 147 Å². The van der Waals surface area contributed by atoms with Gasteiger partial charge in [-0.15, -0.1) is 0 Å². The van der Waals surface area contributed by atoms with Crippen LogP contribution >= 0.6 is 11.6 Å². The first-order chi connectivity index (χ1) is 11.7. The molecule has 0 heterocycles. The average molecular weight is 386 g/mol. The van der Waals surface area contributed by atoms with Crippen LogP contribution in [0.5, 0.6) is 0 Å². The molecule has 0 aliphatic heterocycles. The third-order valence-corrected chi connectivity index (χ3v) is 5.58. The summed E-state index contributed by atoms with van der Waals surface area (Å²) in [7, 11) is -4.36. The van der Waals surface area contributed by atoms with Crippen LogP contribution in [0.3, 0.4) is 0 Å². The second-order valence-corrected chi connectivity index (χ2v) is 7.03. The highest BCUT2D eigenvalue weighted by Gasteiger charge is 2.32. The van der Waals surface area contributed by atoms with E-state index < -0.39 is 30.5 Å². The molecule has 2 aromatic carbocycles. The van der Waals surface area contributed by atoms with E-state index in [2.05, 4.69) is 0 Å². The summed E-state index contributed by atoms with van der Waals surface area (Å²) < 4.78 is 26.6. The molecule has 0 unspecified atom stereocenters. The first-order valence-electron chi connectivity index (χ1n) is 6.90. The highest BCUT2D eigenvalue weighted by molar-refractivity contribution is 7.93. The van der Waals surface area contributed by atoms with Crippen molar-refractivity contribution >= 4 is 38.7 Å². The number of anilines is 1. The molecular weight excluding hydrogens is 374 g/mol. The number of nitro benzene ring substituents is 2. The Morgan fingerprint density at radius 1 is 1.08 bits per heavy atom. The zero-order valence-corrected chi connectivity index (χ0v) is 14.4. The van der Waals surface area contributed by atoms with Crippen molar-refractivity contribution in [2.45, 2.75) is 11.8 Å². The van der Waals surface area contributed by atoms with Gasteiger partial charge in [-0.25, -0.2) is 8.42 Å². The summed E-state index contributed by atoms with van der Waals surface area (Å²) in [5, 5.41) is 22.0. The molecule has 0 amide bonds. The van der Waals surface area contributed by atoms with Gasteiger partial charge in [-0.05, 0) is 19.1 Å². The standard InChI is InChI=1S/C14H12ClN3O6S/c1-2-16(13-9-10(17(19)20)7-8-11(13)15)25(23,24)14-6-4-3-5-12(14)18(21)22/h3-9H,2H2,1H3. The molecule has 132 valence electrons. The van der Waals surface area contributed by atoms with Crippen LogP contribution in [0.15, 0.2) is 47.4 Å². The van der Waals surface area contributed by atoms with E-state index in [4.69, 9.17) is 11.6 Å². The quantitative estimate of drug-likeness (QED) is 0.554. The van der Waals surface area contributed by atoms with Gasteiger partial charge >= 0.3 is 0 Å². The Morgan fingerprint density at radius 3 is 2.28 bits per heavy atom. The Bertz CT molecular complexity index is 947. The molecule has 0 aliphatic carbocycles. The Balaban J connectivity index is 2.68. The normalized spacial score (nSPS) is 11.1. The fourth-order valence-electron chi connectivity index (χ4n) is 2.22. The summed E-state index contributed by atoms with van der Waals surface area (Å²) in [6.45, 7) is 1.36. The lowest BCUT2D eigenvalue weighted by Gasteiger charge is -2.23. The lowest BCUT2D eigenvalue weighted by atomic mass is 10.3. The summed E-state index contributed by atoms with van der Waals surface area (Å²) in [5.41, 5.74) is -1.07. The van der Waals surface area contributed by atoms with Gasteiger partial charge in [-0.1, -0.05) is 23.7 Å². The summed E-state index contributed by atoms with van der Waals surface area (Å²) in [6, 6.07) is 8.20. The van der Waals surface area contributed by atoms with Crippen LogP contribution in [-0.2, 0) is 10.0 Å². The van der Waals surface area contributed by atoms with Crippen LogP contribution in [0.25, 0.3) is 0 Å². The van der Waals surface area contributed by atoms with Gasteiger partial charge in [-0.3, -0.25) is 24.5 Å². The molecule has 25 heavy (non-hydrogen) atoms. The van der Waals surface area contributed by atoms with E-state index in [1.54, 1.807) is 0 Å². The SMILES string of the molecule is CCN(c1cc([N+](=O)[O-])ccc1Cl)S(=O)(=O)c1ccccc1[N+](=O)[O-]. The van der Waals surface area contributed by atoms with Crippen LogP contribution in [0.4, 0.5) is 17.1 Å². The molecule has 0 spiro atoms. The predicted octanol–water partition coefficient (Wildman–Crippen LogP) is 3.37. The monoisotopic (exact) mass is 385 g/mol. The van der Waals surface area contributed by atoms with Crippen molar-refractivity contribution in [3.05, 3.63) is 67.7 Å². The van der Waals surface area contributed by atoms with Crippen LogP contribution in [0.1, 0.15) is 6.92 Å². The molecule has 2 rings (SSSR count). The molecule has 9 nitrogen and oxygen atoms in total. The van der Waals surface area contributed by atoms with E-state index in [0.29, 0.717) is 0 Å². The fourth-order valence-corrected chi connectivity index (χ4v) is 4.13. The maximum atomic E-state index is 12.9. The van der Waals surface area contributed by atoms with Crippen molar-refractivity contribution < 1.29 is 18.3 Å². The van der Waals surface area contributed by atoms with E-state index in [-0.39, 0.29) is 22.9 Å². The van der Waals surface area contributed by atoms with Gasteiger partial charge in [-0.2, -0.15) is 0 Å². The van der Waals surface area contributed by atoms with E-state index in [0.717, 1.165) is 28.6 Å². The Morgan fingerprint density at radius 2 is 1.72 bits per heavy atom. The zero-order valence-electron chi connectivity index (χ0n) is 12.8. The van der Waals surface area contributed by atoms with Gasteiger partial charge in [0, 0.05) is 24.7 Å². The van der Waals surface area contributed by atoms with Gasteiger partial charge in [0.1, 0.15) is 0 Å². The van der Waals surface area contributed by atoms with E-state index in [1.807, 2.05) is 0 Å². The van der Waals surface area contributed by atoms with E-state index in [9.17, 15) is 28.6 Å². The molecular formula is C14H12ClN3O6S. The maximum Gasteiger partial charge on any atom is 0.289 e. The highest BCUT2D eigenvalue weighted by Crippen LogP contribution is 2.35. The second-order valence-electron chi connectivity index (χ2n) is 4.79. The Hall–Kier alpha value is -2.72. The molecule has 0 saturated heterocycles. The number of hydrogen-bond acceptors (Lipinski definition) is 6. The Kier molecular flexibility index (Phi) is 5.24. The molecule has 0 aromatic heterocycles. The number of halogens is 1. The van der Waals surface area contributed by atoms with Crippen molar-refractivity contribution in [3.63, 3.8) is 0 Å². The highest BCUT2D eigenvalue weighted by atomic mass is 35.5. The molecule has 0 radical (unpaired) electrons. The van der Waals surface area contributed by atoms with Crippen LogP contribution in [-0.4, -0.2) is 24.8 Å². The van der Waals surface area contributed by atoms with E-state index >= 15 is 0 Å². The van der Waals surface area contributed by atoms with Crippen LogP contribution in [0.2, 0.25) is 5.02 Å². The fraction of sp³-hybridized carbons (Fsp3) is 0.143. The summed E-state index contributed by atoms with van der Waals surface area (Å²) in [4.78, 5) is 20.1. The molecule has 0 atom stereocenters. The average Bonchev–Trinajstić information content (AvgIpc) is 2.56. The van der Waals surface area contributed by atoms with Crippen molar-refractivity contribution in [1.29, 1.82) is 0 Å². The first kappa shape index (κ1) is 18.6. The molecule has 0 fully saturated rings. The largest absolute Gasteiger partial charge is 0.289 e. The smallest absolute Gasteiger partial charge is 0.265 e. The third kappa shape index (κ3) is 3.54. The van der Waals surface area contributed by atoms with Crippen molar-refractivity contribution in [1.82, 2.24) is 0 Å². The second kappa shape index (κ2) is 7.03. The maximum absolute atomic E-state index is 12.9. The van der Waals surface area contributed by atoms with Crippen molar-refractivity contribution in [2.75, 3.05) is 10.8 Å². The van der Waals surface area contributed by atoms with Crippen LogP contribution < -0.4 is 4.31 Å². The molecule has 11 heteroatoms. The van der Waals surface area contributed by atoms with Crippen LogP contribution in [0, 0.1) is 20.2 Å². The van der Waals surface area contributed by atoms with Gasteiger partial charge < -0.3 is 0 Å². The van der Waals surface area contributed by atoms with Crippen molar-refractivity contribution in [2.24, 2.45) is 0 Å². The minimum Gasteiger partial charge on any atom is -0.265 e. The van der Waals surface area contributed by atoms with E-state index in [1.165, 1.54) is 25.1 Å². The number of non-ortho nitro benzene ring substituents is 1. The van der Waals surface area contributed by atoms with Gasteiger partial charge in [0.25, 0.3) is 21.4 Å². The number of nitro groups is 2. The van der Waals surface area contributed by atoms with Gasteiger partial charge in [0.05, 0.1) is 20.6 Å². The number of hydrogen-bond donors (Lipinski definition) is 0. The number of benzene rings is 2. The first-order valence-corrected chi connectivity index (χ1v) is 8.72. The minimum absolute atomic E-state index is 0.0328. The molecule has 0 bridgehead atoms. The molecule has 0 N–H and O–H groups in total. The number of nitrogens with zero attached hydrogens (tertiary/aromatic N) is 3. The zero-order chi connectivity index (χ0) is 18.8. The summed E-state index contributed by atoms with van der Waals surface area (Å²) in [5.74, 6) is 0. The predicted molar refractivity (Wildman–Crippen MR) is 91.4 cm³/mol. The van der Waals surface area contributed by atoms with Crippen molar-refractivity contribution in [3.8, 4) is 0 Å². The number of sulfonamides is 1. The summed E-state index contributed by atoms with van der Waals surface area (Å²) >= 11 is 6.01. The number of rotatable bonds is 6. The minimum atomic E-state index is -4.36. The topological polar surface area (TPSA) is 124 Å². The summed E-state index contributed by atoms with van der Waals surface area (Å²) in [6.07, 6.45) is 0. The van der Waals surface area contributed by atoms with Gasteiger partial charge in [0.2, 0.25) is 0 Å².